The molecule has 33 heavy (non-hydrogen) atoms. The Morgan fingerprint density at radius 1 is 0.848 bits per heavy atom. The van der Waals surface area contributed by atoms with E-state index in [4.69, 9.17) is 10.5 Å². The van der Waals surface area contributed by atoms with Crippen LogP contribution in [0.5, 0.6) is 0 Å². The van der Waals surface area contributed by atoms with Gasteiger partial charge in [0.15, 0.2) is 0 Å². The molecule has 9 nitrogen and oxygen atoms in total. The largest absolute Gasteiger partial charge is 0.465 e. The van der Waals surface area contributed by atoms with Crippen LogP contribution >= 0.6 is 0 Å². The molecular formula is C24H27N7O2. The summed E-state index contributed by atoms with van der Waals surface area (Å²) in [6.45, 7) is 3.15. The van der Waals surface area contributed by atoms with Gasteiger partial charge in [-0.15, -0.1) is 10.2 Å². The summed E-state index contributed by atoms with van der Waals surface area (Å²) in [5, 5.41) is 16.8. The fourth-order valence-electron chi connectivity index (χ4n) is 3.66. The predicted octanol–water partition coefficient (Wildman–Crippen LogP) is 2.01. The standard InChI is InChI=1S/C24H27N7O2/c1-2-33-23(32)24(25,13-21-17-30(28-26-21)15-19-9-5-3-6-10-19)14-22-18-31(29-27-22)16-20-11-7-4-8-12-20/h3-12,17-18H,2,13-16,25H2,1H3. The smallest absolute Gasteiger partial charge is 0.326 e. The summed E-state index contributed by atoms with van der Waals surface area (Å²) in [5.41, 5.74) is 8.68. The van der Waals surface area contributed by atoms with Crippen molar-refractivity contribution in [3.63, 3.8) is 0 Å². The normalized spacial score (nSPS) is 11.5. The highest BCUT2D eigenvalue weighted by Gasteiger charge is 2.38. The van der Waals surface area contributed by atoms with Gasteiger partial charge in [-0.05, 0) is 18.1 Å². The quantitative estimate of drug-likeness (QED) is 0.371. The number of hydrogen-bond donors (Lipinski definition) is 1. The van der Waals surface area contributed by atoms with Crippen LogP contribution in [0.3, 0.4) is 0 Å². The second kappa shape index (κ2) is 10.2. The fourth-order valence-corrected chi connectivity index (χ4v) is 3.66. The molecule has 2 heterocycles. The lowest BCUT2D eigenvalue weighted by Crippen LogP contribution is -2.53. The first-order valence-corrected chi connectivity index (χ1v) is 10.9. The molecule has 0 aliphatic rings. The molecule has 0 amide bonds. The van der Waals surface area contributed by atoms with E-state index in [-0.39, 0.29) is 19.4 Å². The molecule has 0 saturated carbocycles. The van der Waals surface area contributed by atoms with E-state index in [0.717, 1.165) is 11.1 Å². The van der Waals surface area contributed by atoms with Crippen LogP contribution in [0.2, 0.25) is 0 Å². The number of nitrogens with two attached hydrogens (primary N) is 1. The third-order valence-corrected chi connectivity index (χ3v) is 5.22. The number of aromatic nitrogens is 6. The maximum absolute atomic E-state index is 12.8. The second-order valence-electron chi connectivity index (χ2n) is 8.02. The van der Waals surface area contributed by atoms with Crippen LogP contribution in [0.4, 0.5) is 0 Å². The number of hydrogen-bond acceptors (Lipinski definition) is 7. The van der Waals surface area contributed by atoms with Crippen LogP contribution in [0.15, 0.2) is 73.1 Å². The Labute approximate surface area is 192 Å². The third-order valence-electron chi connectivity index (χ3n) is 5.22. The van der Waals surface area contributed by atoms with Crippen LogP contribution in [0.25, 0.3) is 0 Å². The summed E-state index contributed by atoms with van der Waals surface area (Å²) in [5.74, 6) is -0.500. The molecule has 9 heteroatoms. The Kier molecular flexibility index (Phi) is 6.89. The van der Waals surface area contributed by atoms with Crippen molar-refractivity contribution < 1.29 is 9.53 Å². The van der Waals surface area contributed by atoms with E-state index >= 15 is 0 Å². The molecule has 0 fully saturated rings. The van der Waals surface area contributed by atoms with Gasteiger partial charge in [-0.1, -0.05) is 71.1 Å². The van der Waals surface area contributed by atoms with Crippen molar-refractivity contribution in [2.24, 2.45) is 5.73 Å². The SMILES string of the molecule is CCOC(=O)C(N)(Cc1cn(Cc2ccccc2)nn1)Cc1cn(Cc2ccccc2)nn1. The molecule has 2 N–H and O–H groups in total. The third kappa shape index (κ3) is 5.89. The fraction of sp³-hybridized carbons (Fsp3) is 0.292. The first-order chi connectivity index (χ1) is 16.0. The van der Waals surface area contributed by atoms with Crippen LogP contribution < -0.4 is 5.73 Å². The highest BCUT2D eigenvalue weighted by molar-refractivity contribution is 5.81. The van der Waals surface area contributed by atoms with E-state index in [0.29, 0.717) is 24.5 Å². The number of rotatable bonds is 10. The van der Waals surface area contributed by atoms with Gasteiger partial charge < -0.3 is 10.5 Å². The second-order valence-corrected chi connectivity index (χ2v) is 8.02. The van der Waals surface area contributed by atoms with E-state index in [1.54, 1.807) is 28.7 Å². The highest BCUT2D eigenvalue weighted by Crippen LogP contribution is 2.18. The molecule has 0 bridgehead atoms. The van der Waals surface area contributed by atoms with Crippen molar-refractivity contribution in [1.82, 2.24) is 30.0 Å². The van der Waals surface area contributed by atoms with Crippen LogP contribution in [-0.4, -0.2) is 48.1 Å². The number of benzene rings is 2. The van der Waals surface area contributed by atoms with E-state index in [9.17, 15) is 4.79 Å². The van der Waals surface area contributed by atoms with Gasteiger partial charge in [0.2, 0.25) is 0 Å². The number of carbonyl (C=O) groups excluding carboxylic acids is 1. The van der Waals surface area contributed by atoms with Gasteiger partial charge in [-0.25, -0.2) is 9.36 Å². The number of ether oxygens (including phenoxy) is 1. The van der Waals surface area contributed by atoms with Gasteiger partial charge in [0, 0.05) is 25.2 Å². The zero-order chi connectivity index (χ0) is 23.1. The van der Waals surface area contributed by atoms with Crippen molar-refractivity contribution in [2.75, 3.05) is 6.61 Å². The molecule has 0 saturated heterocycles. The molecule has 0 spiro atoms. The summed E-state index contributed by atoms with van der Waals surface area (Å²) in [4.78, 5) is 12.8. The monoisotopic (exact) mass is 445 g/mol. The first-order valence-electron chi connectivity index (χ1n) is 10.9. The molecule has 2 aromatic heterocycles. The van der Waals surface area contributed by atoms with E-state index in [1.165, 1.54) is 0 Å². The van der Waals surface area contributed by atoms with Gasteiger partial charge in [-0.3, -0.25) is 4.79 Å². The molecular weight excluding hydrogens is 418 g/mol. The Bertz CT molecular complexity index is 1090. The van der Waals surface area contributed by atoms with Gasteiger partial charge in [0.25, 0.3) is 0 Å². The van der Waals surface area contributed by atoms with Crippen molar-refractivity contribution >= 4 is 5.97 Å². The molecule has 0 unspecified atom stereocenters. The maximum atomic E-state index is 12.8. The van der Waals surface area contributed by atoms with Gasteiger partial charge in [0.05, 0.1) is 31.1 Å². The van der Waals surface area contributed by atoms with E-state index in [2.05, 4.69) is 20.6 Å². The molecule has 0 atom stereocenters. The first kappa shape index (κ1) is 22.3. The van der Waals surface area contributed by atoms with E-state index in [1.807, 2.05) is 60.7 Å². The molecule has 2 aromatic carbocycles. The van der Waals surface area contributed by atoms with E-state index < -0.39 is 11.5 Å². The van der Waals surface area contributed by atoms with Crippen LogP contribution in [0.1, 0.15) is 29.4 Å². The molecule has 4 aromatic rings. The summed E-state index contributed by atoms with van der Waals surface area (Å²) in [6.07, 6.45) is 3.96. The highest BCUT2D eigenvalue weighted by atomic mass is 16.5. The minimum Gasteiger partial charge on any atom is -0.465 e. The average molecular weight is 446 g/mol. The average Bonchev–Trinajstić information content (AvgIpc) is 3.44. The molecule has 0 aliphatic heterocycles. The summed E-state index contributed by atoms with van der Waals surface area (Å²) in [7, 11) is 0. The zero-order valence-electron chi connectivity index (χ0n) is 18.5. The van der Waals surface area contributed by atoms with Crippen LogP contribution in [-0.2, 0) is 35.5 Å². The number of esters is 1. The zero-order valence-corrected chi connectivity index (χ0v) is 18.5. The minimum atomic E-state index is -1.34. The van der Waals surface area contributed by atoms with Crippen molar-refractivity contribution in [1.29, 1.82) is 0 Å². The van der Waals surface area contributed by atoms with Gasteiger partial charge >= 0.3 is 5.97 Å². The molecule has 4 rings (SSSR count). The topological polar surface area (TPSA) is 114 Å². The lowest BCUT2D eigenvalue weighted by atomic mass is 9.89. The Morgan fingerprint density at radius 3 is 1.73 bits per heavy atom. The summed E-state index contributed by atoms with van der Waals surface area (Å²) >= 11 is 0. The number of nitrogens with zero attached hydrogens (tertiary/aromatic N) is 6. The molecule has 0 radical (unpaired) electrons. The van der Waals surface area contributed by atoms with Gasteiger partial charge in [0.1, 0.15) is 5.54 Å². The van der Waals surface area contributed by atoms with Gasteiger partial charge in [-0.2, -0.15) is 0 Å². The van der Waals surface area contributed by atoms with Crippen molar-refractivity contribution in [2.45, 2.75) is 38.4 Å². The predicted molar refractivity (Wildman–Crippen MR) is 122 cm³/mol. The Morgan fingerprint density at radius 2 is 1.30 bits per heavy atom. The summed E-state index contributed by atoms with van der Waals surface area (Å²) in [6, 6.07) is 19.9. The minimum absolute atomic E-state index is 0.173. The van der Waals surface area contributed by atoms with Crippen molar-refractivity contribution in [3.05, 3.63) is 95.6 Å². The number of carbonyl (C=O) groups is 1. The Hall–Kier alpha value is -3.85. The lowest BCUT2D eigenvalue weighted by Gasteiger charge is -2.25. The maximum Gasteiger partial charge on any atom is 0.326 e. The van der Waals surface area contributed by atoms with Crippen LogP contribution in [0, 0.1) is 0 Å². The van der Waals surface area contributed by atoms with Crippen molar-refractivity contribution in [3.8, 4) is 0 Å². The molecule has 170 valence electrons. The summed E-state index contributed by atoms with van der Waals surface area (Å²) < 4.78 is 8.74. The lowest BCUT2D eigenvalue weighted by molar-refractivity contribution is -0.149. The molecule has 0 aliphatic carbocycles. The Balaban J connectivity index is 1.48.